The molecule has 1 aromatic heterocycles. The van der Waals surface area contributed by atoms with Gasteiger partial charge >= 0.3 is 11.9 Å². The zero-order valence-corrected chi connectivity index (χ0v) is 16.8. The summed E-state index contributed by atoms with van der Waals surface area (Å²) in [5.41, 5.74) is 8.44. The van der Waals surface area contributed by atoms with Gasteiger partial charge in [0.25, 0.3) is 0 Å². The van der Waals surface area contributed by atoms with Crippen LogP contribution in [0.1, 0.15) is 25.1 Å². The number of amides is 1. The highest BCUT2D eigenvalue weighted by molar-refractivity contribution is 5.96. The molecular weight excluding hydrogens is 386 g/mol. The zero-order valence-electron chi connectivity index (χ0n) is 16.8. The monoisotopic (exact) mass is 409 g/mol. The van der Waals surface area contributed by atoms with Crippen LogP contribution in [0, 0.1) is 11.8 Å². The first-order chi connectivity index (χ1) is 14.6. The lowest BCUT2D eigenvalue weighted by Crippen LogP contribution is -2.53. The molecule has 0 radical (unpaired) electrons. The fourth-order valence-electron chi connectivity index (χ4n) is 4.12. The fourth-order valence-corrected chi connectivity index (χ4v) is 4.12. The van der Waals surface area contributed by atoms with Gasteiger partial charge in [-0.15, -0.1) is 0 Å². The Morgan fingerprint density at radius 1 is 1.30 bits per heavy atom. The standard InChI is InChI=1S/C20H17N3O5.C2H6/c21-7-16(24)28-18-12-6-15-17-11(5-10-3-1-2-4-14(10)22-17)8-23(15)19(25)13(12)9-27-20(18)26;1-2/h1-6,12-13,18H,7-9,21H2;1-2H3. The number of nitrogens with zero attached hydrogens (tertiary/aromatic N) is 2. The number of rotatable bonds is 2. The molecule has 5 rings (SSSR count). The minimum Gasteiger partial charge on any atom is -0.462 e. The number of aromatic nitrogens is 1. The van der Waals surface area contributed by atoms with Crippen LogP contribution in [-0.2, 0) is 30.4 Å². The van der Waals surface area contributed by atoms with Crippen LogP contribution in [0.3, 0.4) is 0 Å². The highest BCUT2D eigenvalue weighted by atomic mass is 16.6. The number of benzene rings is 1. The second-order valence-electron chi connectivity index (χ2n) is 7.09. The van der Waals surface area contributed by atoms with E-state index in [-0.39, 0.29) is 19.1 Å². The number of cyclic esters (lactones) is 1. The minimum atomic E-state index is -1.18. The maximum Gasteiger partial charge on any atom is 0.348 e. The van der Waals surface area contributed by atoms with Crippen LogP contribution < -0.4 is 5.73 Å². The van der Waals surface area contributed by atoms with Crippen LogP contribution in [0.15, 0.2) is 36.4 Å². The van der Waals surface area contributed by atoms with E-state index in [0.717, 1.165) is 16.5 Å². The molecule has 30 heavy (non-hydrogen) atoms. The summed E-state index contributed by atoms with van der Waals surface area (Å²) in [5.74, 6) is -2.74. The Kier molecular flexibility index (Phi) is 5.26. The Morgan fingerprint density at radius 3 is 2.83 bits per heavy atom. The van der Waals surface area contributed by atoms with Crippen molar-refractivity contribution >= 4 is 34.4 Å². The first kappa shape index (κ1) is 20.0. The summed E-state index contributed by atoms with van der Waals surface area (Å²) in [6.07, 6.45) is 0.632. The third-order valence-corrected chi connectivity index (χ3v) is 5.48. The molecule has 0 spiro atoms. The van der Waals surface area contributed by atoms with Crippen molar-refractivity contribution in [2.24, 2.45) is 17.6 Å². The number of hydrogen-bond donors (Lipinski definition) is 1. The average Bonchev–Trinajstić information content (AvgIpc) is 3.13. The molecule has 2 aromatic rings. The molecule has 3 aliphatic rings. The van der Waals surface area contributed by atoms with E-state index in [1.807, 2.05) is 50.3 Å². The number of ether oxygens (including phenoxy) is 2. The molecule has 3 atom stereocenters. The van der Waals surface area contributed by atoms with E-state index in [2.05, 4.69) is 0 Å². The predicted octanol–water partition coefficient (Wildman–Crippen LogP) is 1.62. The Labute approximate surface area is 173 Å². The molecule has 3 unspecified atom stereocenters. The second-order valence-corrected chi connectivity index (χ2v) is 7.09. The van der Waals surface area contributed by atoms with Gasteiger partial charge in [-0.25, -0.2) is 9.78 Å². The predicted molar refractivity (Wildman–Crippen MR) is 108 cm³/mol. The van der Waals surface area contributed by atoms with Crippen molar-refractivity contribution in [3.63, 3.8) is 0 Å². The summed E-state index contributed by atoms with van der Waals surface area (Å²) in [6, 6.07) is 9.77. The number of hydrogen-bond acceptors (Lipinski definition) is 7. The van der Waals surface area contributed by atoms with Gasteiger partial charge in [-0.2, -0.15) is 0 Å². The summed E-state index contributed by atoms with van der Waals surface area (Å²) in [7, 11) is 0. The van der Waals surface area contributed by atoms with E-state index in [1.165, 1.54) is 0 Å². The molecular formula is C22H23N3O5. The van der Waals surface area contributed by atoms with E-state index in [9.17, 15) is 14.4 Å². The number of carbonyl (C=O) groups is 3. The van der Waals surface area contributed by atoms with E-state index in [4.69, 9.17) is 20.2 Å². The van der Waals surface area contributed by atoms with Gasteiger partial charge < -0.3 is 20.1 Å². The molecule has 156 valence electrons. The summed E-state index contributed by atoms with van der Waals surface area (Å²) in [5, 5.41) is 1.000. The molecule has 3 aliphatic heterocycles. The van der Waals surface area contributed by atoms with Gasteiger partial charge in [0.1, 0.15) is 6.61 Å². The van der Waals surface area contributed by atoms with Crippen molar-refractivity contribution in [1.82, 2.24) is 9.88 Å². The molecule has 2 N–H and O–H groups in total. The van der Waals surface area contributed by atoms with Crippen molar-refractivity contribution in [3.8, 4) is 0 Å². The Morgan fingerprint density at radius 2 is 2.07 bits per heavy atom. The molecule has 1 saturated heterocycles. The molecule has 4 heterocycles. The lowest BCUT2D eigenvalue weighted by Gasteiger charge is -2.39. The van der Waals surface area contributed by atoms with Crippen LogP contribution in [0.4, 0.5) is 0 Å². The molecule has 0 aliphatic carbocycles. The SMILES string of the molecule is CC.NCC(=O)OC1C(=O)OCC2C(=O)N3Cc4cc5ccccc5nc4C3=CC21. The molecule has 0 bridgehead atoms. The largest absolute Gasteiger partial charge is 0.462 e. The third-order valence-electron chi connectivity index (χ3n) is 5.48. The van der Waals surface area contributed by atoms with Crippen molar-refractivity contribution in [2.75, 3.05) is 13.2 Å². The lowest BCUT2D eigenvalue weighted by molar-refractivity contribution is -0.183. The Bertz CT molecular complexity index is 1060. The lowest BCUT2D eigenvalue weighted by atomic mass is 9.81. The van der Waals surface area contributed by atoms with Crippen LogP contribution in [0.2, 0.25) is 0 Å². The molecule has 1 aromatic carbocycles. The Hall–Kier alpha value is -3.26. The van der Waals surface area contributed by atoms with Gasteiger partial charge in [-0.05, 0) is 12.1 Å². The van der Waals surface area contributed by atoms with Gasteiger partial charge in [0.05, 0.1) is 35.9 Å². The van der Waals surface area contributed by atoms with E-state index in [1.54, 1.807) is 4.90 Å². The van der Waals surface area contributed by atoms with Gasteiger partial charge in [-0.1, -0.05) is 38.1 Å². The molecule has 1 amide bonds. The molecule has 0 saturated carbocycles. The van der Waals surface area contributed by atoms with Gasteiger partial charge in [-0.3, -0.25) is 9.59 Å². The van der Waals surface area contributed by atoms with Crippen LogP contribution in [0.5, 0.6) is 0 Å². The van der Waals surface area contributed by atoms with E-state index >= 15 is 0 Å². The van der Waals surface area contributed by atoms with Crippen LogP contribution >= 0.6 is 0 Å². The van der Waals surface area contributed by atoms with Crippen molar-refractivity contribution in [1.29, 1.82) is 0 Å². The highest BCUT2D eigenvalue weighted by Gasteiger charge is 2.51. The number of nitrogens with two attached hydrogens (primary N) is 1. The smallest absolute Gasteiger partial charge is 0.348 e. The Balaban J connectivity index is 0.00000106. The van der Waals surface area contributed by atoms with Crippen molar-refractivity contribution < 1.29 is 23.9 Å². The van der Waals surface area contributed by atoms with Crippen LogP contribution in [0.25, 0.3) is 16.6 Å². The maximum absolute atomic E-state index is 13.1. The fraction of sp³-hybridized carbons (Fsp3) is 0.364. The first-order valence-corrected chi connectivity index (χ1v) is 10.0. The summed E-state index contributed by atoms with van der Waals surface area (Å²) in [6.45, 7) is 4.03. The van der Waals surface area contributed by atoms with E-state index < -0.39 is 29.9 Å². The normalized spacial score (nSPS) is 24.0. The van der Waals surface area contributed by atoms with E-state index in [0.29, 0.717) is 17.9 Å². The zero-order chi connectivity index (χ0) is 21.4. The number of pyridine rings is 1. The number of para-hydroxylation sites is 1. The second kappa shape index (κ2) is 7.87. The van der Waals surface area contributed by atoms with Crippen LogP contribution in [-0.4, -0.2) is 47.0 Å². The topological polar surface area (TPSA) is 112 Å². The first-order valence-electron chi connectivity index (χ1n) is 10.0. The molecule has 8 heteroatoms. The maximum atomic E-state index is 13.1. The van der Waals surface area contributed by atoms with Gasteiger partial charge in [0.2, 0.25) is 12.0 Å². The quantitative estimate of drug-likeness (QED) is 0.750. The molecule has 8 nitrogen and oxygen atoms in total. The van der Waals surface area contributed by atoms with Crippen molar-refractivity contribution in [2.45, 2.75) is 26.5 Å². The highest BCUT2D eigenvalue weighted by Crippen LogP contribution is 2.42. The summed E-state index contributed by atoms with van der Waals surface area (Å²) >= 11 is 0. The minimum absolute atomic E-state index is 0.0367. The van der Waals surface area contributed by atoms with Crippen molar-refractivity contribution in [3.05, 3.63) is 47.7 Å². The molecule has 1 fully saturated rings. The third kappa shape index (κ3) is 3.13. The number of fused-ring (bicyclic) bond motifs is 5. The van der Waals surface area contributed by atoms with Gasteiger partial charge in [0, 0.05) is 16.9 Å². The van der Waals surface area contributed by atoms with Gasteiger partial charge in [0.15, 0.2) is 0 Å². The summed E-state index contributed by atoms with van der Waals surface area (Å²) < 4.78 is 10.3. The average molecular weight is 409 g/mol. The number of carbonyl (C=O) groups excluding carboxylic acids is 3. The summed E-state index contributed by atoms with van der Waals surface area (Å²) in [4.78, 5) is 43.4. The number of esters is 2.